The van der Waals surface area contributed by atoms with E-state index in [0.717, 1.165) is 36.5 Å². The van der Waals surface area contributed by atoms with Crippen LogP contribution in [0.3, 0.4) is 0 Å². The molecule has 4 rings (SSSR count). The lowest BCUT2D eigenvalue weighted by atomic mass is 9.97. The zero-order valence-electron chi connectivity index (χ0n) is 16.8. The van der Waals surface area contributed by atoms with E-state index in [0.29, 0.717) is 26.2 Å². The molecule has 1 N–H and O–H groups in total. The summed E-state index contributed by atoms with van der Waals surface area (Å²) >= 11 is 0. The fraction of sp³-hybridized carbons (Fsp3) is 0.500. The molecule has 2 aromatic rings. The second kappa shape index (κ2) is 8.78. The summed E-state index contributed by atoms with van der Waals surface area (Å²) in [4.78, 5) is 34.3. The normalized spacial score (nSPS) is 23.1. The van der Waals surface area contributed by atoms with Crippen LogP contribution in [0.25, 0.3) is 0 Å². The van der Waals surface area contributed by atoms with Gasteiger partial charge in [-0.05, 0) is 50.5 Å². The Labute approximate surface area is 171 Å². The van der Waals surface area contributed by atoms with Crippen LogP contribution in [0.15, 0.2) is 40.9 Å². The van der Waals surface area contributed by atoms with Crippen molar-refractivity contribution in [3.63, 3.8) is 0 Å². The number of aromatic nitrogens is 1. The molecule has 2 aliphatic heterocycles. The van der Waals surface area contributed by atoms with E-state index >= 15 is 0 Å². The summed E-state index contributed by atoms with van der Waals surface area (Å²) in [5.74, 6) is 1.60. The molecule has 154 valence electrons. The number of furan rings is 1. The van der Waals surface area contributed by atoms with Crippen LogP contribution >= 0.6 is 0 Å². The number of hydrogen-bond donors (Lipinski definition) is 1. The molecule has 0 aliphatic carbocycles. The number of rotatable bonds is 5. The third-order valence-electron chi connectivity index (χ3n) is 5.82. The Hall–Kier alpha value is -2.67. The number of piperazine rings is 1. The number of hydrogen-bond acceptors (Lipinski definition) is 5. The number of likely N-dealkylation sites (tertiary alicyclic amines) is 1. The molecule has 0 aromatic carbocycles. The minimum absolute atomic E-state index is 0.00900. The van der Waals surface area contributed by atoms with Crippen molar-refractivity contribution < 1.29 is 14.0 Å². The summed E-state index contributed by atoms with van der Waals surface area (Å²) in [5.41, 5.74) is 0.927. The van der Waals surface area contributed by atoms with E-state index in [1.165, 1.54) is 0 Å². The van der Waals surface area contributed by atoms with Gasteiger partial charge < -0.3 is 14.6 Å². The van der Waals surface area contributed by atoms with Crippen LogP contribution in [0.2, 0.25) is 0 Å². The van der Waals surface area contributed by atoms with E-state index in [1.54, 1.807) is 6.20 Å². The summed E-state index contributed by atoms with van der Waals surface area (Å²) < 4.78 is 5.69. The van der Waals surface area contributed by atoms with E-state index in [2.05, 4.69) is 15.2 Å². The number of piperidine rings is 1. The highest BCUT2D eigenvalue weighted by atomic mass is 16.3. The van der Waals surface area contributed by atoms with Crippen molar-refractivity contribution >= 4 is 11.8 Å². The van der Waals surface area contributed by atoms with Crippen LogP contribution in [0, 0.1) is 6.92 Å². The van der Waals surface area contributed by atoms with Gasteiger partial charge in [-0.25, -0.2) is 0 Å². The van der Waals surface area contributed by atoms with Crippen LogP contribution in [-0.4, -0.2) is 52.3 Å². The molecule has 7 heteroatoms. The van der Waals surface area contributed by atoms with E-state index in [4.69, 9.17) is 4.42 Å². The van der Waals surface area contributed by atoms with E-state index in [-0.39, 0.29) is 24.3 Å². The van der Waals surface area contributed by atoms with Gasteiger partial charge in [-0.2, -0.15) is 0 Å². The maximum absolute atomic E-state index is 13.3. The molecule has 0 unspecified atom stereocenters. The predicted molar refractivity (Wildman–Crippen MR) is 108 cm³/mol. The minimum atomic E-state index is -0.479. The van der Waals surface area contributed by atoms with Crippen molar-refractivity contribution in [1.29, 1.82) is 0 Å². The molecule has 2 fully saturated rings. The molecule has 7 nitrogen and oxygen atoms in total. The monoisotopic (exact) mass is 396 g/mol. The first-order chi connectivity index (χ1) is 14.1. The molecule has 0 bridgehead atoms. The number of nitrogens with one attached hydrogen (secondary N) is 1. The summed E-state index contributed by atoms with van der Waals surface area (Å²) in [5, 5.41) is 2.91. The van der Waals surface area contributed by atoms with Gasteiger partial charge in [0.05, 0.1) is 30.7 Å². The Morgan fingerprint density at radius 2 is 2.14 bits per heavy atom. The quantitative estimate of drug-likeness (QED) is 0.840. The van der Waals surface area contributed by atoms with Gasteiger partial charge in [0.2, 0.25) is 11.8 Å². The zero-order chi connectivity index (χ0) is 20.2. The van der Waals surface area contributed by atoms with Gasteiger partial charge >= 0.3 is 0 Å². The van der Waals surface area contributed by atoms with Gasteiger partial charge in [-0.3, -0.25) is 19.5 Å². The summed E-state index contributed by atoms with van der Waals surface area (Å²) in [7, 11) is 0. The lowest BCUT2D eigenvalue weighted by Crippen LogP contribution is -2.56. The van der Waals surface area contributed by atoms with Crippen molar-refractivity contribution in [2.75, 3.05) is 19.6 Å². The molecule has 2 saturated heterocycles. The molecule has 4 heterocycles. The average Bonchev–Trinajstić information content (AvgIpc) is 3.16. The maximum atomic E-state index is 13.3. The molecule has 0 radical (unpaired) electrons. The number of carbonyl (C=O) groups excluding carboxylic acids is 2. The molecule has 2 amide bonds. The number of pyridine rings is 1. The first kappa shape index (κ1) is 19.6. The van der Waals surface area contributed by atoms with Gasteiger partial charge in [0, 0.05) is 25.8 Å². The third-order valence-corrected chi connectivity index (χ3v) is 5.82. The Morgan fingerprint density at radius 3 is 2.90 bits per heavy atom. The van der Waals surface area contributed by atoms with Crippen LogP contribution in [0.1, 0.15) is 48.9 Å². The van der Waals surface area contributed by atoms with Crippen molar-refractivity contribution in [3.8, 4) is 0 Å². The van der Waals surface area contributed by atoms with Gasteiger partial charge in [0.1, 0.15) is 11.5 Å². The van der Waals surface area contributed by atoms with Crippen molar-refractivity contribution in [1.82, 2.24) is 20.1 Å². The van der Waals surface area contributed by atoms with E-state index < -0.39 is 6.04 Å². The Balaban J connectivity index is 1.48. The molecule has 0 spiro atoms. The van der Waals surface area contributed by atoms with Crippen LogP contribution in [0.5, 0.6) is 0 Å². The molecule has 2 aliphatic rings. The molecule has 2 aromatic heterocycles. The molecular formula is C22H28N4O3. The number of amides is 2. The standard InChI is InChI=1S/C22H28N4O3/c1-16-8-9-17(29-16)15-25-13-11-24-22(28)20(25)14-21(27)26-12-5-3-7-19(26)18-6-2-4-10-23-18/h2,4,6,8-10,19-20H,3,5,7,11-15H2,1H3,(H,24,28)/t19-,20-/m1/s1. The second-order valence-electron chi connectivity index (χ2n) is 7.85. The lowest BCUT2D eigenvalue weighted by Gasteiger charge is -2.38. The van der Waals surface area contributed by atoms with E-state index in [9.17, 15) is 9.59 Å². The van der Waals surface area contributed by atoms with Crippen LogP contribution in [-0.2, 0) is 16.1 Å². The van der Waals surface area contributed by atoms with Gasteiger partial charge in [-0.1, -0.05) is 6.07 Å². The Bertz CT molecular complexity index is 851. The molecule has 0 saturated carbocycles. The fourth-order valence-electron chi connectivity index (χ4n) is 4.34. The summed E-state index contributed by atoms with van der Waals surface area (Å²) in [6.07, 6.45) is 4.93. The number of carbonyl (C=O) groups is 2. The highest BCUT2D eigenvalue weighted by Crippen LogP contribution is 2.30. The summed E-state index contributed by atoms with van der Waals surface area (Å²) in [6.45, 7) is 4.44. The third kappa shape index (κ3) is 4.50. The van der Waals surface area contributed by atoms with Crippen molar-refractivity contribution in [2.24, 2.45) is 0 Å². The minimum Gasteiger partial charge on any atom is -0.465 e. The van der Waals surface area contributed by atoms with E-state index in [1.807, 2.05) is 42.2 Å². The van der Waals surface area contributed by atoms with Gasteiger partial charge in [0.15, 0.2) is 0 Å². The zero-order valence-corrected chi connectivity index (χ0v) is 16.8. The Morgan fingerprint density at radius 1 is 1.24 bits per heavy atom. The number of aryl methyl sites for hydroxylation is 1. The smallest absolute Gasteiger partial charge is 0.237 e. The highest BCUT2D eigenvalue weighted by molar-refractivity contribution is 5.89. The molecular weight excluding hydrogens is 368 g/mol. The van der Waals surface area contributed by atoms with Crippen molar-refractivity contribution in [3.05, 3.63) is 53.7 Å². The highest BCUT2D eigenvalue weighted by Gasteiger charge is 2.36. The first-order valence-corrected chi connectivity index (χ1v) is 10.4. The predicted octanol–water partition coefficient (Wildman–Crippen LogP) is 2.43. The Kier molecular flexibility index (Phi) is 5.94. The topological polar surface area (TPSA) is 78.7 Å². The maximum Gasteiger partial charge on any atom is 0.237 e. The largest absolute Gasteiger partial charge is 0.465 e. The number of nitrogens with zero attached hydrogens (tertiary/aromatic N) is 3. The molecule has 2 atom stereocenters. The molecule has 29 heavy (non-hydrogen) atoms. The second-order valence-corrected chi connectivity index (χ2v) is 7.85. The average molecular weight is 396 g/mol. The summed E-state index contributed by atoms with van der Waals surface area (Å²) in [6, 6.07) is 9.20. The van der Waals surface area contributed by atoms with Crippen LogP contribution < -0.4 is 5.32 Å². The van der Waals surface area contributed by atoms with Gasteiger partial charge in [0.25, 0.3) is 0 Å². The van der Waals surface area contributed by atoms with Crippen LogP contribution in [0.4, 0.5) is 0 Å². The van der Waals surface area contributed by atoms with Gasteiger partial charge in [-0.15, -0.1) is 0 Å². The van der Waals surface area contributed by atoms with Crippen molar-refractivity contribution in [2.45, 2.75) is 51.2 Å². The lowest BCUT2D eigenvalue weighted by molar-refractivity contribution is -0.141. The first-order valence-electron chi connectivity index (χ1n) is 10.4. The SMILES string of the molecule is Cc1ccc(CN2CCNC(=O)[C@H]2CC(=O)N2CCCC[C@@H]2c2ccccn2)o1. The fourth-order valence-corrected chi connectivity index (χ4v) is 4.34.